The second-order valence-electron chi connectivity index (χ2n) is 5.54. The minimum Gasteiger partial charge on any atom is -0.313 e. The van der Waals surface area contributed by atoms with Gasteiger partial charge in [0, 0.05) is 6.04 Å². The first-order valence-corrected chi connectivity index (χ1v) is 7.71. The number of unbranched alkanes of at least 4 members (excludes halogenated alkanes) is 1. The van der Waals surface area contributed by atoms with Crippen molar-refractivity contribution in [3.63, 3.8) is 0 Å². The van der Waals surface area contributed by atoms with Crippen molar-refractivity contribution in [1.82, 2.24) is 5.32 Å². The van der Waals surface area contributed by atoms with Crippen molar-refractivity contribution >= 4 is 0 Å². The van der Waals surface area contributed by atoms with Crippen molar-refractivity contribution in [2.24, 2.45) is 0 Å². The minimum absolute atomic E-state index is 0.188. The molecule has 2 aromatic carbocycles. The fourth-order valence-electron chi connectivity index (χ4n) is 2.54. The van der Waals surface area contributed by atoms with Crippen molar-refractivity contribution in [3.8, 4) is 11.1 Å². The summed E-state index contributed by atoms with van der Waals surface area (Å²) >= 11 is 0. The van der Waals surface area contributed by atoms with Crippen molar-refractivity contribution in [2.45, 2.75) is 39.2 Å². The van der Waals surface area contributed by atoms with Crippen molar-refractivity contribution in [1.29, 1.82) is 0 Å². The fraction of sp³-hybridized carbons (Fsp3) is 0.368. The summed E-state index contributed by atoms with van der Waals surface area (Å²) < 4.78 is 13.6. The first-order valence-electron chi connectivity index (χ1n) is 7.71. The van der Waals surface area contributed by atoms with E-state index in [1.54, 1.807) is 6.07 Å². The Kier molecular flexibility index (Phi) is 5.51. The highest BCUT2D eigenvalue weighted by Crippen LogP contribution is 2.29. The van der Waals surface area contributed by atoms with E-state index >= 15 is 0 Å². The molecule has 0 aliphatic carbocycles. The van der Waals surface area contributed by atoms with Gasteiger partial charge in [-0.1, -0.05) is 43.7 Å². The Hall–Kier alpha value is -1.67. The summed E-state index contributed by atoms with van der Waals surface area (Å²) in [6.07, 6.45) is 3.52. The van der Waals surface area contributed by atoms with Crippen LogP contribution in [0, 0.1) is 5.82 Å². The Morgan fingerprint density at radius 2 is 1.81 bits per heavy atom. The van der Waals surface area contributed by atoms with Crippen LogP contribution in [0.4, 0.5) is 4.39 Å². The van der Waals surface area contributed by atoms with E-state index in [0.29, 0.717) is 0 Å². The summed E-state index contributed by atoms with van der Waals surface area (Å²) in [5.74, 6) is -0.188. The van der Waals surface area contributed by atoms with Crippen molar-refractivity contribution in [3.05, 3.63) is 59.4 Å². The zero-order chi connectivity index (χ0) is 15.2. The molecule has 0 spiro atoms. The molecule has 0 bridgehead atoms. The molecule has 0 heterocycles. The van der Waals surface area contributed by atoms with E-state index in [9.17, 15) is 4.39 Å². The third kappa shape index (κ3) is 3.92. The van der Waals surface area contributed by atoms with E-state index in [4.69, 9.17) is 0 Å². The predicted molar refractivity (Wildman–Crippen MR) is 87.9 cm³/mol. The van der Waals surface area contributed by atoms with E-state index in [-0.39, 0.29) is 11.9 Å². The molecule has 1 N–H and O–H groups in total. The summed E-state index contributed by atoms with van der Waals surface area (Å²) in [5.41, 5.74) is 4.52. The lowest BCUT2D eigenvalue weighted by Gasteiger charge is -2.16. The summed E-state index contributed by atoms with van der Waals surface area (Å²) in [6, 6.07) is 13.7. The van der Waals surface area contributed by atoms with E-state index < -0.39 is 0 Å². The maximum Gasteiger partial charge on any atom is 0.123 e. The lowest BCUT2D eigenvalue weighted by atomic mass is 9.94. The summed E-state index contributed by atoms with van der Waals surface area (Å²) in [7, 11) is 1.92. The molecule has 2 aromatic rings. The van der Waals surface area contributed by atoms with Crippen LogP contribution in [0.5, 0.6) is 0 Å². The lowest BCUT2D eigenvalue weighted by Crippen LogP contribution is -2.13. The smallest absolute Gasteiger partial charge is 0.123 e. The first-order chi connectivity index (χ1) is 10.2. The van der Waals surface area contributed by atoms with Gasteiger partial charge in [0.1, 0.15) is 5.82 Å². The van der Waals surface area contributed by atoms with Crippen LogP contribution in [0.15, 0.2) is 42.5 Å². The Morgan fingerprint density at radius 3 is 2.43 bits per heavy atom. The van der Waals surface area contributed by atoms with E-state index in [2.05, 4.69) is 43.4 Å². The highest BCUT2D eigenvalue weighted by Gasteiger charge is 2.11. The van der Waals surface area contributed by atoms with Gasteiger partial charge < -0.3 is 5.32 Å². The largest absolute Gasteiger partial charge is 0.313 e. The first kappa shape index (κ1) is 15.7. The van der Waals surface area contributed by atoms with Gasteiger partial charge >= 0.3 is 0 Å². The molecule has 0 saturated carbocycles. The van der Waals surface area contributed by atoms with Gasteiger partial charge in [0.05, 0.1) is 0 Å². The van der Waals surface area contributed by atoms with Gasteiger partial charge in [-0.25, -0.2) is 4.39 Å². The van der Waals surface area contributed by atoms with E-state index in [1.165, 1.54) is 24.5 Å². The SMILES string of the molecule is CCCCc1ccc(-c2cc(F)ccc2C(C)NC)cc1. The molecule has 1 atom stereocenters. The molecule has 0 fully saturated rings. The lowest BCUT2D eigenvalue weighted by molar-refractivity contribution is 0.620. The topological polar surface area (TPSA) is 12.0 Å². The average molecular weight is 285 g/mol. The maximum atomic E-state index is 13.6. The normalized spacial score (nSPS) is 12.4. The molecule has 1 nitrogen and oxygen atoms in total. The molecule has 2 heteroatoms. The van der Waals surface area contributed by atoms with E-state index in [1.807, 2.05) is 13.1 Å². The summed E-state index contributed by atoms with van der Waals surface area (Å²) in [6.45, 7) is 4.29. The van der Waals surface area contributed by atoms with Crippen LogP contribution in [0.3, 0.4) is 0 Å². The Bertz CT molecular complexity index is 575. The van der Waals surface area contributed by atoms with Crippen LogP contribution in [0.1, 0.15) is 43.9 Å². The van der Waals surface area contributed by atoms with Crippen LogP contribution in [0.25, 0.3) is 11.1 Å². The van der Waals surface area contributed by atoms with Crippen molar-refractivity contribution in [2.75, 3.05) is 7.05 Å². The highest BCUT2D eigenvalue weighted by atomic mass is 19.1. The van der Waals surface area contributed by atoms with Crippen LogP contribution in [-0.4, -0.2) is 7.05 Å². The average Bonchev–Trinajstić information content (AvgIpc) is 2.52. The summed E-state index contributed by atoms with van der Waals surface area (Å²) in [4.78, 5) is 0. The molecule has 0 saturated heterocycles. The summed E-state index contributed by atoms with van der Waals surface area (Å²) in [5, 5.41) is 3.23. The third-order valence-electron chi connectivity index (χ3n) is 4.00. The predicted octanol–water partition coefficient (Wildman–Crippen LogP) is 5.12. The van der Waals surface area contributed by atoms with Crippen LogP contribution >= 0.6 is 0 Å². The number of hydrogen-bond acceptors (Lipinski definition) is 1. The quantitative estimate of drug-likeness (QED) is 0.777. The van der Waals surface area contributed by atoms with Gasteiger partial charge in [-0.05, 0) is 61.2 Å². The van der Waals surface area contributed by atoms with Gasteiger partial charge in [0.2, 0.25) is 0 Å². The zero-order valence-corrected chi connectivity index (χ0v) is 13.1. The highest BCUT2D eigenvalue weighted by molar-refractivity contribution is 5.68. The van der Waals surface area contributed by atoms with Gasteiger partial charge in [-0.2, -0.15) is 0 Å². The molecular weight excluding hydrogens is 261 g/mol. The third-order valence-corrected chi connectivity index (χ3v) is 4.00. The molecular formula is C19H24FN. The maximum absolute atomic E-state index is 13.6. The molecule has 2 rings (SSSR count). The molecule has 1 unspecified atom stereocenters. The van der Waals surface area contributed by atoms with E-state index in [0.717, 1.165) is 23.1 Å². The van der Waals surface area contributed by atoms with Gasteiger partial charge in [0.25, 0.3) is 0 Å². The molecule has 112 valence electrons. The number of rotatable bonds is 6. The van der Waals surface area contributed by atoms with Crippen molar-refractivity contribution < 1.29 is 4.39 Å². The van der Waals surface area contributed by atoms with Gasteiger partial charge in [0.15, 0.2) is 0 Å². The molecule has 21 heavy (non-hydrogen) atoms. The molecule has 0 aliphatic heterocycles. The number of benzene rings is 2. The standard InChI is InChI=1S/C19H24FN/c1-4-5-6-15-7-9-16(10-8-15)19-13-17(20)11-12-18(19)14(2)21-3/h7-14,21H,4-6H2,1-3H3. The number of aryl methyl sites for hydroxylation is 1. The second kappa shape index (κ2) is 7.37. The molecule has 0 amide bonds. The minimum atomic E-state index is -0.188. The van der Waals surface area contributed by atoms with Crippen LogP contribution in [-0.2, 0) is 6.42 Å². The van der Waals surface area contributed by atoms with Gasteiger partial charge in [-0.15, -0.1) is 0 Å². The Morgan fingerprint density at radius 1 is 1.10 bits per heavy atom. The molecule has 0 radical (unpaired) electrons. The van der Waals surface area contributed by atoms with Crippen LogP contribution in [0.2, 0.25) is 0 Å². The molecule has 0 aliphatic rings. The number of nitrogens with one attached hydrogen (secondary N) is 1. The fourth-order valence-corrected chi connectivity index (χ4v) is 2.54. The zero-order valence-electron chi connectivity index (χ0n) is 13.1. The molecule has 0 aromatic heterocycles. The number of halogens is 1. The van der Waals surface area contributed by atoms with Gasteiger partial charge in [-0.3, -0.25) is 0 Å². The Balaban J connectivity index is 2.34. The number of hydrogen-bond donors (Lipinski definition) is 1. The second-order valence-corrected chi connectivity index (χ2v) is 5.54. The monoisotopic (exact) mass is 285 g/mol. The van der Waals surface area contributed by atoms with Crippen LogP contribution < -0.4 is 5.32 Å². The Labute approximate surface area is 127 Å².